The quantitative estimate of drug-likeness (QED) is 0.821. The molecule has 5 nitrogen and oxygen atoms in total. The Kier molecular flexibility index (Phi) is 4.03. The highest BCUT2D eigenvalue weighted by atomic mass is 16.6. The van der Waals surface area contributed by atoms with Crippen LogP contribution in [-0.2, 0) is 11.3 Å². The molecule has 1 N–H and O–H groups in total. The van der Waals surface area contributed by atoms with Crippen molar-refractivity contribution in [1.29, 1.82) is 5.26 Å². The highest BCUT2D eigenvalue weighted by Gasteiger charge is 2.35. The van der Waals surface area contributed by atoms with Gasteiger partial charge in [0.2, 0.25) is 0 Å². The molecule has 1 aliphatic rings. The van der Waals surface area contributed by atoms with E-state index in [1.807, 2.05) is 36.4 Å². The van der Waals surface area contributed by atoms with Gasteiger partial charge in [-0.3, -0.25) is 0 Å². The van der Waals surface area contributed by atoms with Crippen LogP contribution in [-0.4, -0.2) is 34.8 Å². The lowest BCUT2D eigenvalue weighted by Crippen LogP contribution is -2.49. The summed E-state index contributed by atoms with van der Waals surface area (Å²) in [6.07, 6.45) is 0.508. The summed E-state index contributed by atoms with van der Waals surface area (Å²) in [4.78, 5) is 13.2. The maximum Gasteiger partial charge on any atom is 0.410 e. The Hall–Kier alpha value is -2.06. The van der Waals surface area contributed by atoms with Crippen molar-refractivity contribution in [3.8, 4) is 6.07 Å². The molecule has 0 unspecified atom stereocenters. The number of aliphatic hydroxyl groups is 1. The first-order valence-electron chi connectivity index (χ1n) is 6.22. The van der Waals surface area contributed by atoms with Gasteiger partial charge in [0.15, 0.2) is 5.60 Å². The summed E-state index contributed by atoms with van der Waals surface area (Å²) >= 11 is 0. The van der Waals surface area contributed by atoms with Gasteiger partial charge in [-0.1, -0.05) is 30.3 Å². The first kappa shape index (κ1) is 13.4. The maximum atomic E-state index is 11.9. The van der Waals surface area contributed by atoms with Crippen LogP contribution >= 0.6 is 0 Å². The lowest BCUT2D eigenvalue weighted by atomic mass is 9.95. The van der Waals surface area contributed by atoms with Gasteiger partial charge < -0.3 is 14.7 Å². The Morgan fingerprint density at radius 2 is 2.21 bits per heavy atom. The maximum absolute atomic E-state index is 11.9. The molecule has 0 aromatic heterocycles. The van der Waals surface area contributed by atoms with Gasteiger partial charge in [-0.2, -0.15) is 5.26 Å². The van der Waals surface area contributed by atoms with Crippen molar-refractivity contribution in [3.05, 3.63) is 35.9 Å². The summed E-state index contributed by atoms with van der Waals surface area (Å²) < 4.78 is 5.17. The predicted molar refractivity (Wildman–Crippen MR) is 68.0 cm³/mol. The van der Waals surface area contributed by atoms with Gasteiger partial charge >= 0.3 is 6.09 Å². The SMILES string of the molecule is N#C[C@@]1(O)CCCN(C(=O)OCc2ccccc2)C1. The zero-order valence-corrected chi connectivity index (χ0v) is 10.6. The molecule has 0 saturated carbocycles. The zero-order valence-electron chi connectivity index (χ0n) is 10.6. The molecule has 1 fully saturated rings. The Morgan fingerprint density at radius 3 is 2.89 bits per heavy atom. The largest absolute Gasteiger partial charge is 0.445 e. The number of carbonyl (C=O) groups excluding carboxylic acids is 1. The van der Waals surface area contributed by atoms with Gasteiger partial charge in [-0.25, -0.2) is 4.79 Å². The van der Waals surface area contributed by atoms with E-state index in [2.05, 4.69) is 0 Å². The summed E-state index contributed by atoms with van der Waals surface area (Å²) in [7, 11) is 0. The number of benzene rings is 1. The normalized spacial score (nSPS) is 22.6. The lowest BCUT2D eigenvalue weighted by Gasteiger charge is -2.33. The highest BCUT2D eigenvalue weighted by Crippen LogP contribution is 2.21. The molecule has 19 heavy (non-hydrogen) atoms. The number of β-amino-alcohol motifs (C(OH)–C–C–N with tert-alkyl or cyclic N) is 1. The molecule has 5 heteroatoms. The van der Waals surface area contributed by atoms with Crippen molar-refractivity contribution < 1.29 is 14.6 Å². The van der Waals surface area contributed by atoms with Crippen LogP contribution in [0, 0.1) is 11.3 Å². The van der Waals surface area contributed by atoms with Crippen molar-refractivity contribution >= 4 is 6.09 Å². The van der Waals surface area contributed by atoms with Crippen LogP contribution < -0.4 is 0 Å². The fraction of sp³-hybridized carbons (Fsp3) is 0.429. The molecular weight excluding hydrogens is 244 g/mol. The average Bonchev–Trinajstić information content (AvgIpc) is 2.46. The third-order valence-corrected chi connectivity index (χ3v) is 3.14. The van der Waals surface area contributed by atoms with E-state index in [9.17, 15) is 9.90 Å². The van der Waals surface area contributed by atoms with Crippen LogP contribution in [0.4, 0.5) is 4.79 Å². The van der Waals surface area contributed by atoms with Crippen molar-refractivity contribution in [2.75, 3.05) is 13.1 Å². The molecule has 1 saturated heterocycles. The van der Waals surface area contributed by atoms with Crippen molar-refractivity contribution in [3.63, 3.8) is 0 Å². The molecular formula is C14H16N2O3. The second-order valence-corrected chi connectivity index (χ2v) is 4.71. The topological polar surface area (TPSA) is 73.6 Å². The van der Waals surface area contributed by atoms with E-state index in [4.69, 9.17) is 10.00 Å². The van der Waals surface area contributed by atoms with E-state index < -0.39 is 11.7 Å². The summed E-state index contributed by atoms with van der Waals surface area (Å²) in [5, 5.41) is 18.8. The van der Waals surface area contributed by atoms with Crippen LogP contribution in [0.25, 0.3) is 0 Å². The van der Waals surface area contributed by atoms with Gasteiger partial charge in [-0.15, -0.1) is 0 Å². The number of likely N-dealkylation sites (tertiary alicyclic amines) is 1. The van der Waals surface area contributed by atoms with Gasteiger partial charge in [0, 0.05) is 6.54 Å². The molecule has 2 rings (SSSR count). The van der Waals surface area contributed by atoms with Crippen molar-refractivity contribution in [1.82, 2.24) is 4.90 Å². The molecule has 0 bridgehead atoms. The summed E-state index contributed by atoms with van der Waals surface area (Å²) in [6.45, 7) is 0.718. The standard InChI is InChI=1S/C14H16N2O3/c15-10-14(18)7-4-8-16(11-14)13(17)19-9-12-5-2-1-3-6-12/h1-3,5-6,18H,4,7-9,11H2/t14-/m0/s1. The first-order valence-corrected chi connectivity index (χ1v) is 6.22. The van der Waals surface area contributed by atoms with Crippen molar-refractivity contribution in [2.45, 2.75) is 25.0 Å². The molecule has 1 aromatic rings. The molecule has 1 amide bonds. The number of ether oxygens (including phenoxy) is 1. The molecule has 1 aliphatic heterocycles. The minimum absolute atomic E-state index is 0.0110. The van der Waals surface area contributed by atoms with Gasteiger partial charge in [-0.05, 0) is 18.4 Å². The van der Waals surface area contributed by atoms with E-state index >= 15 is 0 Å². The molecule has 0 radical (unpaired) electrons. The molecule has 1 atom stereocenters. The summed E-state index contributed by atoms with van der Waals surface area (Å²) in [5.74, 6) is 0. The number of rotatable bonds is 2. The fourth-order valence-electron chi connectivity index (χ4n) is 2.09. The monoisotopic (exact) mass is 260 g/mol. The Morgan fingerprint density at radius 1 is 1.47 bits per heavy atom. The van der Waals surface area contributed by atoms with Crippen molar-refractivity contribution in [2.24, 2.45) is 0 Å². The fourth-order valence-corrected chi connectivity index (χ4v) is 2.09. The molecule has 0 spiro atoms. The smallest absolute Gasteiger partial charge is 0.410 e. The van der Waals surface area contributed by atoms with Crippen LogP contribution in [0.5, 0.6) is 0 Å². The number of nitriles is 1. The van der Waals surface area contributed by atoms with Crippen LogP contribution in [0.3, 0.4) is 0 Å². The third kappa shape index (κ3) is 3.46. The Bertz CT molecular complexity index is 483. The Balaban J connectivity index is 1.88. The second-order valence-electron chi connectivity index (χ2n) is 4.71. The van der Waals surface area contributed by atoms with Gasteiger partial charge in [0.05, 0.1) is 12.6 Å². The molecule has 1 heterocycles. The minimum Gasteiger partial charge on any atom is -0.445 e. The molecule has 100 valence electrons. The number of hydrogen-bond donors (Lipinski definition) is 1. The number of carbonyl (C=O) groups is 1. The van der Waals surface area contributed by atoms with E-state index in [1.165, 1.54) is 4.90 Å². The first-order chi connectivity index (χ1) is 9.13. The molecule has 1 aromatic carbocycles. The van der Waals surface area contributed by atoms with E-state index in [0.29, 0.717) is 19.4 Å². The number of hydrogen-bond acceptors (Lipinski definition) is 4. The van der Waals surface area contributed by atoms with E-state index in [-0.39, 0.29) is 13.2 Å². The molecule has 0 aliphatic carbocycles. The van der Waals surface area contributed by atoms with Gasteiger partial charge in [0.1, 0.15) is 6.61 Å². The number of nitrogens with zero attached hydrogens (tertiary/aromatic N) is 2. The lowest BCUT2D eigenvalue weighted by molar-refractivity contribution is 0.00787. The van der Waals surface area contributed by atoms with Gasteiger partial charge in [0.25, 0.3) is 0 Å². The number of amides is 1. The van der Waals surface area contributed by atoms with E-state index in [1.54, 1.807) is 0 Å². The Labute approximate surface area is 112 Å². The summed E-state index contributed by atoms with van der Waals surface area (Å²) in [6, 6.07) is 11.2. The highest BCUT2D eigenvalue weighted by molar-refractivity contribution is 5.68. The third-order valence-electron chi connectivity index (χ3n) is 3.14. The van der Waals surface area contributed by atoms with Crippen LogP contribution in [0.1, 0.15) is 18.4 Å². The second kappa shape index (κ2) is 5.72. The predicted octanol–water partition coefficient (Wildman–Crippen LogP) is 1.67. The zero-order chi connectivity index (χ0) is 13.7. The van der Waals surface area contributed by atoms with E-state index in [0.717, 1.165) is 5.56 Å². The average molecular weight is 260 g/mol. The van der Waals surface area contributed by atoms with Crippen LogP contribution in [0.2, 0.25) is 0 Å². The van der Waals surface area contributed by atoms with Crippen LogP contribution in [0.15, 0.2) is 30.3 Å². The minimum atomic E-state index is -1.44. The summed E-state index contributed by atoms with van der Waals surface area (Å²) in [5.41, 5.74) is -0.535. The number of piperidine rings is 1.